The Morgan fingerprint density at radius 1 is 0.969 bits per heavy atom. The maximum atomic E-state index is 13.9. The third kappa shape index (κ3) is 2.79. The third-order valence-electron chi connectivity index (χ3n) is 5.72. The number of amides is 2. The highest BCUT2D eigenvalue weighted by atomic mass is 35.5. The first kappa shape index (κ1) is 20.7. The van der Waals surface area contributed by atoms with Gasteiger partial charge < -0.3 is 4.90 Å². The number of sulfone groups is 1. The number of hydrogen-bond donors (Lipinski definition) is 0. The molecule has 2 aliphatic heterocycles. The molecular formula is C23H16ClFN2O4S. The Morgan fingerprint density at radius 3 is 2.47 bits per heavy atom. The largest absolute Gasteiger partial charge is 0.304 e. The highest BCUT2D eigenvalue weighted by molar-refractivity contribution is 7.94. The minimum Gasteiger partial charge on any atom is -0.304 e. The van der Waals surface area contributed by atoms with Crippen molar-refractivity contribution in [2.75, 3.05) is 15.6 Å². The number of fused-ring (bicyclic) bond motifs is 2. The monoisotopic (exact) mass is 470 g/mol. The fraction of sp³-hybridized carbons (Fsp3) is 0.130. The molecule has 1 unspecified atom stereocenters. The summed E-state index contributed by atoms with van der Waals surface area (Å²) in [6.45, 7) is -0.0531. The minimum atomic E-state index is -4.27. The fourth-order valence-electron chi connectivity index (χ4n) is 4.48. The van der Waals surface area contributed by atoms with Crippen molar-refractivity contribution in [3.05, 3.63) is 94.8 Å². The molecule has 0 saturated carbocycles. The summed E-state index contributed by atoms with van der Waals surface area (Å²) in [6, 6.07) is 18.3. The van der Waals surface area contributed by atoms with Crippen LogP contribution in [0, 0.1) is 5.82 Å². The number of rotatable bonds is 3. The SMILES string of the molecule is O=C1CS(=O)(=O)C2(C(=O)N(Cc3cccc(F)c3)c3ccccc32)N1c1cccc(Cl)c1. The number of carbonyl (C=O) groups is 2. The van der Waals surface area contributed by atoms with Crippen molar-refractivity contribution in [3.63, 3.8) is 0 Å². The van der Waals surface area contributed by atoms with Gasteiger partial charge in [0.15, 0.2) is 9.84 Å². The number of hydrogen-bond acceptors (Lipinski definition) is 4. The van der Waals surface area contributed by atoms with Crippen molar-refractivity contribution in [1.29, 1.82) is 0 Å². The first-order chi connectivity index (χ1) is 15.3. The van der Waals surface area contributed by atoms with E-state index in [0.717, 1.165) is 4.90 Å². The van der Waals surface area contributed by atoms with E-state index in [1.165, 1.54) is 41.3 Å². The number of nitrogens with zero attached hydrogens (tertiary/aromatic N) is 2. The Labute approximate surface area is 188 Å². The molecule has 3 aromatic rings. The van der Waals surface area contributed by atoms with Crippen LogP contribution >= 0.6 is 11.6 Å². The van der Waals surface area contributed by atoms with Gasteiger partial charge in [0.05, 0.1) is 12.2 Å². The van der Waals surface area contributed by atoms with Crippen LogP contribution in [0.4, 0.5) is 15.8 Å². The molecular weight excluding hydrogens is 455 g/mol. The molecule has 1 spiro atoms. The summed E-state index contributed by atoms with van der Waals surface area (Å²) in [7, 11) is -4.27. The topological polar surface area (TPSA) is 74.8 Å². The zero-order valence-electron chi connectivity index (χ0n) is 16.5. The van der Waals surface area contributed by atoms with E-state index in [-0.39, 0.29) is 17.8 Å². The van der Waals surface area contributed by atoms with E-state index < -0.39 is 38.1 Å². The molecule has 6 nitrogen and oxygen atoms in total. The van der Waals surface area contributed by atoms with Gasteiger partial charge in [-0.25, -0.2) is 12.8 Å². The summed E-state index contributed by atoms with van der Waals surface area (Å²) in [5.74, 6) is -2.79. The molecule has 9 heteroatoms. The summed E-state index contributed by atoms with van der Waals surface area (Å²) in [4.78, 5) is 27.0. The second kappa shape index (κ2) is 7.15. The van der Waals surface area contributed by atoms with Crippen molar-refractivity contribution < 1.29 is 22.4 Å². The summed E-state index contributed by atoms with van der Waals surface area (Å²) in [6.07, 6.45) is 0. The van der Waals surface area contributed by atoms with Gasteiger partial charge in [-0.1, -0.05) is 48.0 Å². The Morgan fingerprint density at radius 2 is 1.72 bits per heavy atom. The van der Waals surface area contributed by atoms with Gasteiger partial charge in [-0.05, 0) is 42.0 Å². The molecule has 2 heterocycles. The first-order valence-corrected chi connectivity index (χ1v) is 11.8. The van der Waals surface area contributed by atoms with Crippen molar-refractivity contribution in [1.82, 2.24) is 0 Å². The Kier molecular flexibility index (Phi) is 4.61. The van der Waals surface area contributed by atoms with Crippen LogP contribution in [0.5, 0.6) is 0 Å². The summed E-state index contributed by atoms with van der Waals surface area (Å²) in [5.41, 5.74) is 1.24. The van der Waals surface area contributed by atoms with Crippen molar-refractivity contribution in [2.45, 2.75) is 11.4 Å². The van der Waals surface area contributed by atoms with Crippen molar-refractivity contribution in [3.8, 4) is 0 Å². The molecule has 0 aliphatic carbocycles. The summed E-state index contributed by atoms with van der Waals surface area (Å²) >= 11 is 6.11. The molecule has 2 aliphatic rings. The van der Waals surface area contributed by atoms with Gasteiger partial charge >= 0.3 is 0 Å². The molecule has 0 radical (unpaired) electrons. The van der Waals surface area contributed by atoms with E-state index in [2.05, 4.69) is 0 Å². The molecule has 32 heavy (non-hydrogen) atoms. The predicted molar refractivity (Wildman–Crippen MR) is 118 cm³/mol. The van der Waals surface area contributed by atoms with Crippen LogP contribution in [0.1, 0.15) is 11.1 Å². The highest BCUT2D eigenvalue weighted by Gasteiger charge is 2.69. The van der Waals surface area contributed by atoms with Crippen LogP contribution in [0.25, 0.3) is 0 Å². The van der Waals surface area contributed by atoms with Gasteiger partial charge in [-0.15, -0.1) is 0 Å². The van der Waals surface area contributed by atoms with Gasteiger partial charge in [-0.3, -0.25) is 14.5 Å². The molecule has 0 bridgehead atoms. The van der Waals surface area contributed by atoms with E-state index >= 15 is 0 Å². The van der Waals surface area contributed by atoms with Gasteiger partial charge in [0.25, 0.3) is 10.8 Å². The van der Waals surface area contributed by atoms with Crippen molar-refractivity contribution in [2.24, 2.45) is 0 Å². The Balaban J connectivity index is 1.74. The molecule has 0 aromatic heterocycles. The van der Waals surface area contributed by atoms with E-state index in [4.69, 9.17) is 11.6 Å². The van der Waals surface area contributed by atoms with Crippen LogP contribution in [0.2, 0.25) is 5.02 Å². The minimum absolute atomic E-state index is 0.0531. The van der Waals surface area contributed by atoms with Crippen LogP contribution in [0.15, 0.2) is 72.8 Å². The normalized spacial score (nSPS) is 21.4. The van der Waals surface area contributed by atoms with Crippen LogP contribution in [0.3, 0.4) is 0 Å². The quantitative estimate of drug-likeness (QED) is 0.585. The van der Waals surface area contributed by atoms with Gasteiger partial charge in [0, 0.05) is 16.3 Å². The van der Waals surface area contributed by atoms with E-state index in [9.17, 15) is 22.4 Å². The second-order valence-electron chi connectivity index (χ2n) is 7.65. The van der Waals surface area contributed by atoms with E-state index in [1.807, 2.05) is 0 Å². The first-order valence-electron chi connectivity index (χ1n) is 9.72. The lowest BCUT2D eigenvalue weighted by molar-refractivity contribution is -0.123. The summed E-state index contributed by atoms with van der Waals surface area (Å²) < 4.78 is 40.7. The molecule has 162 valence electrons. The molecule has 1 fully saturated rings. The van der Waals surface area contributed by atoms with Crippen LogP contribution in [-0.2, 0) is 30.8 Å². The fourth-order valence-corrected chi connectivity index (χ4v) is 6.70. The second-order valence-corrected chi connectivity index (χ2v) is 10.2. The smallest absolute Gasteiger partial charge is 0.274 e. The highest BCUT2D eigenvalue weighted by Crippen LogP contribution is 2.52. The standard InChI is InChI=1S/C23H16ClFN2O4S/c24-16-6-4-8-18(12-16)27-21(28)14-32(30,31)23(27)19-9-1-2-10-20(19)26(22(23)29)13-15-5-3-7-17(25)11-15/h1-12H,13-14H2. The molecule has 1 saturated heterocycles. The summed E-state index contributed by atoms with van der Waals surface area (Å²) in [5, 5.41) is 0.296. The van der Waals surface area contributed by atoms with Gasteiger partial charge in [0.2, 0.25) is 5.91 Å². The molecule has 3 aromatic carbocycles. The van der Waals surface area contributed by atoms with Gasteiger partial charge in [0.1, 0.15) is 11.6 Å². The lowest BCUT2D eigenvalue weighted by atomic mass is 10.0. The molecule has 5 rings (SSSR count). The third-order valence-corrected chi connectivity index (χ3v) is 8.06. The zero-order chi connectivity index (χ0) is 22.7. The number of para-hydroxylation sites is 1. The average molecular weight is 471 g/mol. The van der Waals surface area contributed by atoms with Crippen molar-refractivity contribution >= 4 is 44.6 Å². The zero-order valence-corrected chi connectivity index (χ0v) is 18.1. The molecule has 2 amide bonds. The number of anilines is 2. The Hall–Kier alpha value is -3.23. The Bertz CT molecular complexity index is 1390. The van der Waals surface area contributed by atoms with Crippen LogP contribution in [-0.4, -0.2) is 26.0 Å². The lowest BCUT2D eigenvalue weighted by Gasteiger charge is -2.32. The maximum absolute atomic E-state index is 13.9. The lowest BCUT2D eigenvalue weighted by Crippen LogP contribution is -2.54. The predicted octanol–water partition coefficient (Wildman–Crippen LogP) is 3.64. The van der Waals surface area contributed by atoms with Crippen LogP contribution < -0.4 is 9.80 Å². The number of carbonyl (C=O) groups excluding carboxylic acids is 2. The average Bonchev–Trinajstić information content (AvgIpc) is 3.11. The van der Waals surface area contributed by atoms with E-state index in [0.29, 0.717) is 16.3 Å². The molecule has 0 N–H and O–H groups in total. The number of benzene rings is 3. The van der Waals surface area contributed by atoms with Gasteiger partial charge in [-0.2, -0.15) is 0 Å². The molecule has 1 atom stereocenters. The number of halogens is 2. The maximum Gasteiger partial charge on any atom is 0.274 e. The van der Waals surface area contributed by atoms with E-state index in [1.54, 1.807) is 36.4 Å².